The van der Waals surface area contributed by atoms with Gasteiger partial charge in [-0.3, -0.25) is 9.59 Å². The highest BCUT2D eigenvalue weighted by Gasteiger charge is 2.46. The first-order valence-electron chi connectivity index (χ1n) is 7.55. The second-order valence-corrected chi connectivity index (χ2v) is 7.34. The topological polar surface area (TPSA) is 62.3 Å². The smallest absolute Gasteiger partial charge is 0.246 e. The Bertz CT molecular complexity index is 525. The van der Waals surface area contributed by atoms with Gasteiger partial charge in [0, 0.05) is 11.6 Å². The van der Waals surface area contributed by atoms with Gasteiger partial charge in [0.2, 0.25) is 11.8 Å². The minimum atomic E-state index is -0.364. The fraction of sp³-hybridized carbons (Fsp3) is 0.667. The maximum Gasteiger partial charge on any atom is 0.246 e. The number of aromatic nitrogens is 1. The Kier molecular flexibility index (Phi) is 3.97. The van der Waals surface area contributed by atoms with Gasteiger partial charge in [-0.05, 0) is 31.1 Å². The van der Waals surface area contributed by atoms with E-state index >= 15 is 0 Å². The molecule has 6 heteroatoms. The predicted molar refractivity (Wildman–Crippen MR) is 80.6 cm³/mol. The molecule has 2 aliphatic rings. The van der Waals surface area contributed by atoms with Crippen LogP contribution in [0.15, 0.2) is 11.6 Å². The van der Waals surface area contributed by atoms with Crippen LogP contribution >= 0.6 is 11.3 Å². The highest BCUT2D eigenvalue weighted by molar-refractivity contribution is 7.09. The number of piperazine rings is 1. The van der Waals surface area contributed by atoms with Crippen LogP contribution in [0.3, 0.4) is 0 Å². The highest BCUT2D eigenvalue weighted by Crippen LogP contribution is 2.36. The van der Waals surface area contributed by atoms with Crippen LogP contribution in [0.2, 0.25) is 0 Å². The van der Waals surface area contributed by atoms with E-state index in [9.17, 15) is 9.59 Å². The molecule has 0 radical (unpaired) electrons. The van der Waals surface area contributed by atoms with Gasteiger partial charge in [-0.1, -0.05) is 13.8 Å². The standard InChI is InChI=1S/C15H21N3O2S/c1-9(2)7-11-14(19)17-13(10-3-4-10)15(20)18(11)8-12-16-5-6-21-12/h5-6,9-11,13H,3-4,7-8H2,1-2H3,(H,17,19). The molecule has 0 bridgehead atoms. The third-order valence-electron chi connectivity index (χ3n) is 4.10. The summed E-state index contributed by atoms with van der Waals surface area (Å²) in [7, 11) is 0. The lowest BCUT2D eigenvalue weighted by Gasteiger charge is -2.39. The van der Waals surface area contributed by atoms with Crippen molar-refractivity contribution in [2.24, 2.45) is 11.8 Å². The molecule has 1 aromatic heterocycles. The number of amides is 2. The minimum Gasteiger partial charge on any atom is -0.342 e. The van der Waals surface area contributed by atoms with Crippen molar-refractivity contribution >= 4 is 23.2 Å². The monoisotopic (exact) mass is 307 g/mol. The van der Waals surface area contributed by atoms with Crippen LogP contribution < -0.4 is 5.32 Å². The van der Waals surface area contributed by atoms with Crippen molar-refractivity contribution in [2.75, 3.05) is 0 Å². The maximum atomic E-state index is 12.8. The lowest BCUT2D eigenvalue weighted by atomic mass is 9.96. The minimum absolute atomic E-state index is 0.00300. The molecule has 0 aromatic carbocycles. The lowest BCUT2D eigenvalue weighted by Crippen LogP contribution is -2.63. The molecule has 1 N–H and O–H groups in total. The summed E-state index contributed by atoms with van der Waals surface area (Å²) in [6.45, 7) is 4.60. The molecule has 2 atom stereocenters. The number of hydrogen-bond acceptors (Lipinski definition) is 4. The molecule has 1 aliphatic carbocycles. The number of nitrogens with zero attached hydrogens (tertiary/aromatic N) is 2. The fourth-order valence-electron chi connectivity index (χ4n) is 2.88. The summed E-state index contributed by atoms with van der Waals surface area (Å²) < 4.78 is 0. The van der Waals surface area contributed by atoms with Crippen LogP contribution in [-0.4, -0.2) is 33.8 Å². The molecule has 0 spiro atoms. The molecule has 114 valence electrons. The quantitative estimate of drug-likeness (QED) is 0.902. The molecule has 21 heavy (non-hydrogen) atoms. The maximum absolute atomic E-state index is 12.8. The third kappa shape index (κ3) is 3.10. The molecule has 1 saturated carbocycles. The van der Waals surface area contributed by atoms with Crippen molar-refractivity contribution < 1.29 is 9.59 Å². The molecule has 5 nitrogen and oxygen atoms in total. The van der Waals surface area contributed by atoms with Gasteiger partial charge in [0.15, 0.2) is 0 Å². The van der Waals surface area contributed by atoms with Crippen molar-refractivity contribution in [1.82, 2.24) is 15.2 Å². The van der Waals surface area contributed by atoms with E-state index in [-0.39, 0.29) is 23.9 Å². The number of hydrogen-bond donors (Lipinski definition) is 1. The van der Waals surface area contributed by atoms with Crippen LogP contribution in [0.25, 0.3) is 0 Å². The van der Waals surface area contributed by atoms with E-state index in [4.69, 9.17) is 0 Å². The van der Waals surface area contributed by atoms with Gasteiger partial charge in [0.05, 0.1) is 6.54 Å². The van der Waals surface area contributed by atoms with Crippen LogP contribution in [0.4, 0.5) is 0 Å². The van der Waals surface area contributed by atoms with E-state index in [1.165, 1.54) is 11.3 Å². The molecule has 1 aromatic rings. The first-order chi connectivity index (χ1) is 10.1. The van der Waals surface area contributed by atoms with E-state index in [0.717, 1.165) is 17.8 Å². The zero-order chi connectivity index (χ0) is 15.0. The summed E-state index contributed by atoms with van der Waals surface area (Å²) >= 11 is 1.53. The van der Waals surface area contributed by atoms with E-state index < -0.39 is 0 Å². The van der Waals surface area contributed by atoms with E-state index in [1.807, 2.05) is 5.38 Å². The Morgan fingerprint density at radius 3 is 2.76 bits per heavy atom. The number of carbonyl (C=O) groups excluding carboxylic acids is 2. The van der Waals surface area contributed by atoms with Crippen molar-refractivity contribution in [3.63, 3.8) is 0 Å². The first-order valence-corrected chi connectivity index (χ1v) is 8.43. The summed E-state index contributed by atoms with van der Waals surface area (Å²) in [4.78, 5) is 31.2. The molecule has 2 heterocycles. The largest absolute Gasteiger partial charge is 0.342 e. The molecule has 2 fully saturated rings. The Morgan fingerprint density at radius 2 is 2.19 bits per heavy atom. The number of thiazole rings is 1. The van der Waals surface area contributed by atoms with Gasteiger partial charge < -0.3 is 10.2 Å². The molecular formula is C15H21N3O2S. The summed E-state index contributed by atoms with van der Waals surface area (Å²) in [6.07, 6.45) is 4.51. The summed E-state index contributed by atoms with van der Waals surface area (Å²) in [5, 5.41) is 5.74. The third-order valence-corrected chi connectivity index (χ3v) is 4.87. The molecule has 1 saturated heterocycles. The Labute approximate surface area is 128 Å². The average molecular weight is 307 g/mol. The number of nitrogens with one attached hydrogen (secondary N) is 1. The Balaban J connectivity index is 1.82. The van der Waals surface area contributed by atoms with E-state index in [1.54, 1.807) is 11.1 Å². The zero-order valence-corrected chi connectivity index (χ0v) is 13.2. The second kappa shape index (κ2) is 5.75. The number of rotatable bonds is 5. The van der Waals surface area contributed by atoms with Crippen molar-refractivity contribution in [2.45, 2.75) is 51.7 Å². The van der Waals surface area contributed by atoms with Gasteiger partial charge in [0.1, 0.15) is 17.1 Å². The van der Waals surface area contributed by atoms with Gasteiger partial charge >= 0.3 is 0 Å². The van der Waals surface area contributed by atoms with Gasteiger partial charge in [-0.2, -0.15) is 0 Å². The van der Waals surface area contributed by atoms with Gasteiger partial charge in [-0.25, -0.2) is 4.98 Å². The van der Waals surface area contributed by atoms with Crippen LogP contribution in [-0.2, 0) is 16.1 Å². The normalized spacial score (nSPS) is 26.3. The Morgan fingerprint density at radius 1 is 1.43 bits per heavy atom. The van der Waals surface area contributed by atoms with E-state index in [2.05, 4.69) is 24.1 Å². The van der Waals surface area contributed by atoms with Gasteiger partial charge in [0.25, 0.3) is 0 Å². The van der Waals surface area contributed by atoms with Crippen molar-refractivity contribution in [3.8, 4) is 0 Å². The average Bonchev–Trinajstić information content (AvgIpc) is 3.14. The lowest BCUT2D eigenvalue weighted by molar-refractivity contribution is -0.151. The second-order valence-electron chi connectivity index (χ2n) is 6.36. The fourth-order valence-corrected chi connectivity index (χ4v) is 3.49. The first kappa shape index (κ1) is 14.5. The predicted octanol–water partition coefficient (Wildman–Crippen LogP) is 1.79. The van der Waals surface area contributed by atoms with Crippen LogP contribution in [0, 0.1) is 11.8 Å². The Hall–Kier alpha value is -1.43. The molecule has 2 unspecified atom stereocenters. The van der Waals surface area contributed by atoms with Crippen LogP contribution in [0.5, 0.6) is 0 Å². The van der Waals surface area contributed by atoms with Crippen molar-refractivity contribution in [3.05, 3.63) is 16.6 Å². The number of carbonyl (C=O) groups is 2. The van der Waals surface area contributed by atoms with Crippen molar-refractivity contribution in [1.29, 1.82) is 0 Å². The SMILES string of the molecule is CC(C)CC1C(=O)NC(C2CC2)C(=O)N1Cc1nccs1. The summed E-state index contributed by atoms with van der Waals surface area (Å²) in [5.41, 5.74) is 0. The summed E-state index contributed by atoms with van der Waals surface area (Å²) in [6, 6.07) is -0.683. The molecular weight excluding hydrogens is 286 g/mol. The highest BCUT2D eigenvalue weighted by atomic mass is 32.1. The van der Waals surface area contributed by atoms with E-state index in [0.29, 0.717) is 24.8 Å². The zero-order valence-electron chi connectivity index (χ0n) is 12.4. The molecule has 2 amide bonds. The van der Waals surface area contributed by atoms with Gasteiger partial charge in [-0.15, -0.1) is 11.3 Å². The van der Waals surface area contributed by atoms with Crippen LogP contribution in [0.1, 0.15) is 38.1 Å². The molecule has 1 aliphatic heterocycles. The molecule has 3 rings (SSSR count). The summed E-state index contributed by atoms with van der Waals surface area (Å²) in [5.74, 6) is 0.764.